The lowest BCUT2D eigenvalue weighted by atomic mass is 9.49. The molecule has 1 amide bonds. The van der Waals surface area contributed by atoms with Crippen molar-refractivity contribution in [1.29, 1.82) is 0 Å². The van der Waals surface area contributed by atoms with Crippen molar-refractivity contribution >= 4 is 11.9 Å². The largest absolute Gasteiger partial charge is 0.467 e. The van der Waals surface area contributed by atoms with Crippen molar-refractivity contribution in [1.82, 2.24) is 4.90 Å². The Hall–Kier alpha value is -1.06. The Labute approximate surface area is 132 Å². The van der Waals surface area contributed by atoms with Crippen LogP contribution in [-0.2, 0) is 14.3 Å². The fraction of sp³-hybridized carbons (Fsp3) is 0.889. The summed E-state index contributed by atoms with van der Waals surface area (Å²) in [6.07, 6.45) is 10.3. The first kappa shape index (κ1) is 14.5. The number of rotatable bonds is 3. The average Bonchev–Trinajstić information content (AvgIpc) is 2.94. The van der Waals surface area contributed by atoms with Crippen LogP contribution in [0, 0.1) is 23.2 Å². The number of esters is 1. The lowest BCUT2D eigenvalue weighted by molar-refractivity contribution is -0.153. The molecule has 5 rings (SSSR count). The van der Waals surface area contributed by atoms with Crippen LogP contribution in [0.1, 0.15) is 57.8 Å². The summed E-state index contributed by atoms with van der Waals surface area (Å²) >= 11 is 0. The second-order valence-corrected chi connectivity index (χ2v) is 8.36. The molecule has 22 heavy (non-hydrogen) atoms. The maximum absolute atomic E-state index is 12.9. The van der Waals surface area contributed by atoms with Crippen LogP contribution < -0.4 is 0 Å². The van der Waals surface area contributed by atoms with E-state index >= 15 is 0 Å². The fourth-order valence-electron chi connectivity index (χ4n) is 6.38. The van der Waals surface area contributed by atoms with Crippen molar-refractivity contribution in [2.24, 2.45) is 23.2 Å². The Kier molecular flexibility index (Phi) is 3.46. The van der Waals surface area contributed by atoms with Gasteiger partial charge in [-0.1, -0.05) is 0 Å². The van der Waals surface area contributed by atoms with Crippen molar-refractivity contribution in [3.63, 3.8) is 0 Å². The highest BCUT2D eigenvalue weighted by Gasteiger charge is 2.52. The van der Waals surface area contributed by atoms with E-state index in [0.29, 0.717) is 6.42 Å². The second kappa shape index (κ2) is 5.24. The van der Waals surface area contributed by atoms with Gasteiger partial charge < -0.3 is 9.64 Å². The minimum atomic E-state index is -0.327. The minimum Gasteiger partial charge on any atom is -0.467 e. The van der Waals surface area contributed by atoms with Gasteiger partial charge in [0.2, 0.25) is 5.91 Å². The Morgan fingerprint density at radius 3 is 2.23 bits per heavy atom. The van der Waals surface area contributed by atoms with Gasteiger partial charge in [0, 0.05) is 13.0 Å². The third-order valence-corrected chi connectivity index (χ3v) is 6.74. The smallest absolute Gasteiger partial charge is 0.328 e. The summed E-state index contributed by atoms with van der Waals surface area (Å²) in [6, 6.07) is -0.327. The minimum absolute atomic E-state index is 0.204. The molecule has 4 heteroatoms. The monoisotopic (exact) mass is 305 g/mol. The Morgan fingerprint density at radius 1 is 1.09 bits per heavy atom. The molecule has 5 fully saturated rings. The molecule has 0 aromatic carbocycles. The molecule has 0 radical (unpaired) electrons. The molecule has 1 saturated heterocycles. The molecule has 0 spiro atoms. The molecule has 1 atom stereocenters. The molecular formula is C18H27NO3. The first-order valence-corrected chi connectivity index (χ1v) is 8.96. The number of nitrogens with zero attached hydrogens (tertiary/aromatic N) is 1. The van der Waals surface area contributed by atoms with E-state index < -0.39 is 0 Å². The molecule has 0 aromatic heterocycles. The molecule has 4 saturated carbocycles. The predicted molar refractivity (Wildman–Crippen MR) is 82.0 cm³/mol. The van der Waals surface area contributed by atoms with E-state index in [4.69, 9.17) is 4.74 Å². The van der Waals surface area contributed by atoms with Gasteiger partial charge in [0.15, 0.2) is 0 Å². The standard InChI is InChI=1S/C18H27NO3/c1-22-17(21)15-3-2-4-19(15)16(20)11-18-8-12-5-13(9-18)7-14(6-12)10-18/h12-15H,2-11H2,1H3. The molecule has 122 valence electrons. The summed E-state index contributed by atoms with van der Waals surface area (Å²) < 4.78 is 4.88. The first-order chi connectivity index (χ1) is 10.6. The molecule has 1 aliphatic heterocycles. The number of amides is 1. The Bertz CT molecular complexity index is 451. The molecule has 4 bridgehead atoms. The normalized spacial score (nSPS) is 42.7. The third-order valence-electron chi connectivity index (χ3n) is 6.74. The number of methoxy groups -OCH3 is 1. The predicted octanol–water partition coefficient (Wildman–Crippen LogP) is 2.76. The SMILES string of the molecule is COC(=O)C1CCCN1C(=O)CC12CC3CC(CC(C3)C1)C2. The molecule has 4 aliphatic carbocycles. The van der Waals surface area contributed by atoms with E-state index in [2.05, 4.69) is 0 Å². The molecule has 1 unspecified atom stereocenters. The van der Waals surface area contributed by atoms with Gasteiger partial charge in [0.05, 0.1) is 7.11 Å². The molecule has 0 N–H and O–H groups in total. The van der Waals surface area contributed by atoms with E-state index in [1.807, 2.05) is 4.90 Å². The summed E-state index contributed by atoms with van der Waals surface area (Å²) in [5.41, 5.74) is 0.259. The highest BCUT2D eigenvalue weighted by molar-refractivity contribution is 5.85. The topological polar surface area (TPSA) is 46.6 Å². The van der Waals surface area contributed by atoms with Gasteiger partial charge in [-0.25, -0.2) is 4.79 Å². The van der Waals surface area contributed by atoms with Crippen molar-refractivity contribution in [3.8, 4) is 0 Å². The summed E-state index contributed by atoms with van der Waals surface area (Å²) in [6.45, 7) is 0.727. The summed E-state index contributed by atoms with van der Waals surface area (Å²) in [5, 5.41) is 0. The lowest BCUT2D eigenvalue weighted by Gasteiger charge is -2.57. The number of hydrogen-bond acceptors (Lipinski definition) is 3. The zero-order valence-electron chi connectivity index (χ0n) is 13.6. The van der Waals surface area contributed by atoms with E-state index in [-0.39, 0.29) is 23.3 Å². The van der Waals surface area contributed by atoms with Crippen LogP contribution in [0.5, 0.6) is 0 Å². The van der Waals surface area contributed by atoms with Crippen LogP contribution in [0.4, 0.5) is 0 Å². The Morgan fingerprint density at radius 2 is 1.68 bits per heavy atom. The summed E-state index contributed by atoms with van der Waals surface area (Å²) in [4.78, 5) is 26.6. The van der Waals surface area contributed by atoms with E-state index in [1.165, 1.54) is 45.6 Å². The van der Waals surface area contributed by atoms with Gasteiger partial charge in [-0.15, -0.1) is 0 Å². The van der Waals surface area contributed by atoms with Gasteiger partial charge in [-0.05, 0) is 74.5 Å². The zero-order valence-corrected chi connectivity index (χ0v) is 13.6. The van der Waals surface area contributed by atoms with Crippen molar-refractivity contribution in [2.75, 3.05) is 13.7 Å². The highest BCUT2D eigenvalue weighted by Crippen LogP contribution is 2.61. The number of likely N-dealkylation sites (tertiary alicyclic amines) is 1. The Balaban J connectivity index is 1.47. The number of hydrogen-bond donors (Lipinski definition) is 0. The molecule has 4 nitrogen and oxygen atoms in total. The molecule has 0 aromatic rings. The average molecular weight is 305 g/mol. The van der Waals surface area contributed by atoms with Gasteiger partial charge >= 0.3 is 5.97 Å². The molecular weight excluding hydrogens is 278 g/mol. The van der Waals surface area contributed by atoms with Gasteiger partial charge in [0.1, 0.15) is 6.04 Å². The quantitative estimate of drug-likeness (QED) is 0.753. The zero-order chi connectivity index (χ0) is 15.3. The van der Waals surface area contributed by atoms with E-state index in [9.17, 15) is 9.59 Å². The van der Waals surface area contributed by atoms with Crippen LogP contribution in [0.25, 0.3) is 0 Å². The second-order valence-electron chi connectivity index (χ2n) is 8.36. The van der Waals surface area contributed by atoms with Crippen LogP contribution >= 0.6 is 0 Å². The molecule has 1 heterocycles. The third kappa shape index (κ3) is 2.35. The fourth-order valence-corrected chi connectivity index (χ4v) is 6.38. The maximum atomic E-state index is 12.9. The summed E-state index contributed by atoms with van der Waals surface area (Å²) in [5.74, 6) is 2.57. The lowest BCUT2D eigenvalue weighted by Crippen LogP contribution is -2.49. The van der Waals surface area contributed by atoms with Crippen LogP contribution in [0.2, 0.25) is 0 Å². The van der Waals surface area contributed by atoms with Crippen LogP contribution in [-0.4, -0.2) is 36.5 Å². The van der Waals surface area contributed by atoms with Gasteiger partial charge in [-0.3, -0.25) is 4.79 Å². The highest BCUT2D eigenvalue weighted by atomic mass is 16.5. The maximum Gasteiger partial charge on any atom is 0.328 e. The number of ether oxygens (including phenoxy) is 1. The van der Waals surface area contributed by atoms with Gasteiger partial charge in [0.25, 0.3) is 0 Å². The van der Waals surface area contributed by atoms with Gasteiger partial charge in [-0.2, -0.15) is 0 Å². The van der Waals surface area contributed by atoms with Crippen LogP contribution in [0.15, 0.2) is 0 Å². The van der Waals surface area contributed by atoms with Crippen molar-refractivity contribution in [3.05, 3.63) is 0 Å². The number of carbonyl (C=O) groups excluding carboxylic acids is 2. The number of carbonyl (C=O) groups is 2. The van der Waals surface area contributed by atoms with Crippen molar-refractivity contribution in [2.45, 2.75) is 63.8 Å². The molecule has 5 aliphatic rings. The van der Waals surface area contributed by atoms with Crippen molar-refractivity contribution < 1.29 is 14.3 Å². The van der Waals surface area contributed by atoms with E-state index in [1.54, 1.807) is 0 Å². The summed E-state index contributed by atoms with van der Waals surface area (Å²) in [7, 11) is 1.42. The van der Waals surface area contributed by atoms with E-state index in [0.717, 1.165) is 37.1 Å². The first-order valence-electron chi connectivity index (χ1n) is 8.96. The van der Waals surface area contributed by atoms with Crippen LogP contribution in [0.3, 0.4) is 0 Å².